The number of methoxy groups -OCH3 is 1. The molecule has 1 heterocycles. The number of para-hydroxylation sites is 1. The Morgan fingerprint density at radius 2 is 1.86 bits per heavy atom. The molecule has 0 spiro atoms. The average molecular weight is 286 g/mol. The van der Waals surface area contributed by atoms with Gasteiger partial charge in [-0.05, 0) is 18.1 Å². The van der Waals surface area contributed by atoms with Gasteiger partial charge in [0.1, 0.15) is 11.7 Å². The summed E-state index contributed by atoms with van der Waals surface area (Å²) in [5, 5.41) is 3.63. The Bertz CT molecular complexity index is 667. The second kappa shape index (κ2) is 6.35. The van der Waals surface area contributed by atoms with Gasteiger partial charge in [0, 0.05) is 5.39 Å². The van der Waals surface area contributed by atoms with E-state index in [0.717, 1.165) is 10.9 Å². The first kappa shape index (κ1) is 15.0. The number of pyridine rings is 1. The van der Waals surface area contributed by atoms with Crippen molar-refractivity contribution in [1.82, 2.24) is 10.3 Å². The lowest BCUT2D eigenvalue weighted by Crippen LogP contribution is -2.45. The van der Waals surface area contributed by atoms with E-state index in [9.17, 15) is 9.59 Å². The summed E-state index contributed by atoms with van der Waals surface area (Å²) in [6, 6.07) is 10.3. The van der Waals surface area contributed by atoms with Gasteiger partial charge in [-0.3, -0.25) is 4.79 Å². The molecule has 0 saturated carbocycles. The fraction of sp³-hybridized carbons (Fsp3) is 0.312. The van der Waals surface area contributed by atoms with E-state index in [1.54, 1.807) is 6.07 Å². The Morgan fingerprint density at radius 1 is 1.14 bits per heavy atom. The molecule has 0 bridgehead atoms. The second-order valence-corrected chi connectivity index (χ2v) is 5.11. The molecule has 1 N–H and O–H groups in total. The van der Waals surface area contributed by atoms with Crippen molar-refractivity contribution in [2.45, 2.75) is 19.9 Å². The molecule has 1 atom stereocenters. The van der Waals surface area contributed by atoms with Gasteiger partial charge in [0.15, 0.2) is 0 Å². The number of carbonyl (C=O) groups excluding carboxylic acids is 2. The summed E-state index contributed by atoms with van der Waals surface area (Å²) in [6.07, 6.45) is 0. The zero-order valence-corrected chi connectivity index (χ0v) is 12.3. The van der Waals surface area contributed by atoms with Crippen LogP contribution in [0.2, 0.25) is 0 Å². The van der Waals surface area contributed by atoms with Crippen LogP contribution in [0.5, 0.6) is 0 Å². The molecule has 2 rings (SSSR count). The molecular formula is C16H18N2O3. The van der Waals surface area contributed by atoms with Crippen LogP contribution < -0.4 is 5.32 Å². The van der Waals surface area contributed by atoms with Crippen LogP contribution >= 0.6 is 0 Å². The van der Waals surface area contributed by atoms with Crippen molar-refractivity contribution < 1.29 is 14.3 Å². The maximum Gasteiger partial charge on any atom is 0.328 e. The lowest BCUT2D eigenvalue weighted by Gasteiger charge is -2.19. The Hall–Kier alpha value is -2.43. The first-order valence-corrected chi connectivity index (χ1v) is 6.77. The highest BCUT2D eigenvalue weighted by Gasteiger charge is 2.25. The number of benzene rings is 1. The normalized spacial score (nSPS) is 12.2. The number of nitrogens with one attached hydrogen (secondary N) is 1. The van der Waals surface area contributed by atoms with Gasteiger partial charge in [0.05, 0.1) is 12.6 Å². The minimum absolute atomic E-state index is 0.0677. The molecule has 0 radical (unpaired) electrons. The molecule has 1 amide bonds. The Labute approximate surface area is 123 Å². The van der Waals surface area contributed by atoms with E-state index in [1.807, 2.05) is 44.2 Å². The first-order chi connectivity index (χ1) is 10.0. The third kappa shape index (κ3) is 3.37. The summed E-state index contributed by atoms with van der Waals surface area (Å²) < 4.78 is 4.71. The fourth-order valence-corrected chi connectivity index (χ4v) is 2.03. The summed E-state index contributed by atoms with van der Waals surface area (Å²) in [5.74, 6) is -0.911. The van der Waals surface area contributed by atoms with E-state index < -0.39 is 12.0 Å². The van der Waals surface area contributed by atoms with E-state index in [-0.39, 0.29) is 17.5 Å². The highest BCUT2D eigenvalue weighted by Crippen LogP contribution is 2.12. The zero-order chi connectivity index (χ0) is 15.4. The van der Waals surface area contributed by atoms with Crippen LogP contribution in [0.3, 0.4) is 0 Å². The predicted octanol–water partition coefficient (Wildman–Crippen LogP) is 2.16. The van der Waals surface area contributed by atoms with Crippen LogP contribution in [-0.2, 0) is 9.53 Å². The summed E-state index contributed by atoms with van der Waals surface area (Å²) in [5.41, 5.74) is 1.02. The maximum absolute atomic E-state index is 12.2. The van der Waals surface area contributed by atoms with Crippen molar-refractivity contribution in [3.63, 3.8) is 0 Å². The highest BCUT2D eigenvalue weighted by molar-refractivity contribution is 5.97. The van der Waals surface area contributed by atoms with Crippen LogP contribution in [0.1, 0.15) is 24.3 Å². The number of ether oxygens (including phenoxy) is 1. The van der Waals surface area contributed by atoms with Crippen LogP contribution in [0, 0.1) is 5.92 Å². The predicted molar refractivity (Wildman–Crippen MR) is 79.9 cm³/mol. The summed E-state index contributed by atoms with van der Waals surface area (Å²) in [6.45, 7) is 3.69. The SMILES string of the molecule is COC(=O)[C@H](NC(=O)c1ccc2ccccc2n1)C(C)C. The van der Waals surface area contributed by atoms with Crippen LogP contribution in [-0.4, -0.2) is 30.0 Å². The molecule has 0 unspecified atom stereocenters. The lowest BCUT2D eigenvalue weighted by molar-refractivity contribution is -0.144. The molecule has 1 aromatic heterocycles. The number of hydrogen-bond acceptors (Lipinski definition) is 4. The molecule has 21 heavy (non-hydrogen) atoms. The highest BCUT2D eigenvalue weighted by atomic mass is 16.5. The van der Waals surface area contributed by atoms with Gasteiger partial charge in [0.25, 0.3) is 5.91 Å². The van der Waals surface area contributed by atoms with E-state index in [1.165, 1.54) is 7.11 Å². The quantitative estimate of drug-likeness (QED) is 0.875. The van der Waals surface area contributed by atoms with Crippen molar-refractivity contribution in [3.05, 3.63) is 42.1 Å². The maximum atomic E-state index is 12.2. The molecule has 1 aromatic carbocycles. The number of carbonyl (C=O) groups is 2. The van der Waals surface area contributed by atoms with Gasteiger partial charge in [-0.25, -0.2) is 9.78 Å². The van der Waals surface area contributed by atoms with Gasteiger partial charge in [-0.2, -0.15) is 0 Å². The van der Waals surface area contributed by atoms with Crippen molar-refractivity contribution in [1.29, 1.82) is 0 Å². The first-order valence-electron chi connectivity index (χ1n) is 6.77. The third-order valence-electron chi connectivity index (χ3n) is 3.24. The second-order valence-electron chi connectivity index (χ2n) is 5.11. The van der Waals surface area contributed by atoms with Gasteiger partial charge in [-0.15, -0.1) is 0 Å². The van der Waals surface area contributed by atoms with Crippen LogP contribution in [0.15, 0.2) is 36.4 Å². The number of amides is 1. The van der Waals surface area contributed by atoms with Gasteiger partial charge in [-0.1, -0.05) is 38.1 Å². The van der Waals surface area contributed by atoms with E-state index in [2.05, 4.69) is 10.3 Å². The lowest BCUT2D eigenvalue weighted by atomic mass is 10.0. The minimum Gasteiger partial charge on any atom is -0.467 e. The molecule has 0 aliphatic carbocycles. The summed E-state index contributed by atoms with van der Waals surface area (Å²) in [7, 11) is 1.30. The van der Waals surface area contributed by atoms with Crippen LogP contribution in [0.4, 0.5) is 0 Å². The zero-order valence-electron chi connectivity index (χ0n) is 12.3. The molecule has 5 nitrogen and oxygen atoms in total. The van der Waals surface area contributed by atoms with Crippen molar-refractivity contribution in [2.24, 2.45) is 5.92 Å². The van der Waals surface area contributed by atoms with Gasteiger partial charge >= 0.3 is 5.97 Å². The molecule has 0 fully saturated rings. The Morgan fingerprint density at radius 3 is 2.52 bits per heavy atom. The van der Waals surface area contributed by atoms with Gasteiger partial charge < -0.3 is 10.1 Å². The molecule has 110 valence electrons. The number of aromatic nitrogens is 1. The van der Waals surface area contributed by atoms with E-state index in [0.29, 0.717) is 0 Å². The summed E-state index contributed by atoms with van der Waals surface area (Å²) >= 11 is 0. The standard InChI is InChI=1S/C16H18N2O3/c1-10(2)14(16(20)21-3)18-15(19)13-9-8-11-6-4-5-7-12(11)17-13/h4-10,14H,1-3H3,(H,18,19)/t14-/m1/s1. The number of hydrogen-bond donors (Lipinski definition) is 1. The number of fused-ring (bicyclic) bond motifs is 1. The van der Waals surface area contributed by atoms with Gasteiger partial charge in [0.2, 0.25) is 0 Å². The molecule has 0 aliphatic rings. The Kier molecular flexibility index (Phi) is 4.52. The number of nitrogens with zero attached hydrogens (tertiary/aromatic N) is 1. The van der Waals surface area contributed by atoms with Crippen molar-refractivity contribution >= 4 is 22.8 Å². The molecule has 0 aliphatic heterocycles. The molecule has 2 aromatic rings. The molecular weight excluding hydrogens is 268 g/mol. The smallest absolute Gasteiger partial charge is 0.328 e. The molecule has 0 saturated heterocycles. The van der Waals surface area contributed by atoms with Crippen LogP contribution in [0.25, 0.3) is 10.9 Å². The van der Waals surface area contributed by atoms with Crippen molar-refractivity contribution in [3.8, 4) is 0 Å². The Balaban J connectivity index is 2.23. The van der Waals surface area contributed by atoms with E-state index >= 15 is 0 Å². The average Bonchev–Trinajstić information content (AvgIpc) is 2.50. The number of esters is 1. The van der Waals surface area contributed by atoms with Crippen molar-refractivity contribution in [2.75, 3.05) is 7.11 Å². The topological polar surface area (TPSA) is 68.3 Å². The largest absolute Gasteiger partial charge is 0.467 e. The monoisotopic (exact) mass is 286 g/mol. The minimum atomic E-state index is -0.684. The third-order valence-corrected chi connectivity index (χ3v) is 3.24. The summed E-state index contributed by atoms with van der Waals surface area (Å²) in [4.78, 5) is 28.2. The fourth-order valence-electron chi connectivity index (χ4n) is 2.03. The molecule has 5 heteroatoms. The van der Waals surface area contributed by atoms with E-state index in [4.69, 9.17) is 4.74 Å². The number of rotatable bonds is 4.